The van der Waals surface area contributed by atoms with Crippen LogP contribution in [0.5, 0.6) is 17.2 Å². The summed E-state index contributed by atoms with van der Waals surface area (Å²) >= 11 is 0. The average molecular weight is 456 g/mol. The number of esters is 3. The molecule has 0 aromatic heterocycles. The van der Waals surface area contributed by atoms with Crippen LogP contribution in [0.25, 0.3) is 21.5 Å². The van der Waals surface area contributed by atoms with Gasteiger partial charge in [0.15, 0.2) is 31.3 Å². The molecular formula is C24H24O9. The Bertz CT molecular complexity index is 1200. The van der Waals surface area contributed by atoms with Gasteiger partial charge in [0, 0.05) is 16.2 Å². The van der Waals surface area contributed by atoms with E-state index in [-0.39, 0.29) is 31.3 Å². The SMILES string of the molecule is COC(=O)COc1ccc2c(OCC(=O)OC)c3cc(C)ccc3cc2c1OCC(=O)OC. The molecular weight excluding hydrogens is 432 g/mol. The van der Waals surface area contributed by atoms with Crippen LogP contribution >= 0.6 is 0 Å². The van der Waals surface area contributed by atoms with Gasteiger partial charge >= 0.3 is 17.9 Å². The van der Waals surface area contributed by atoms with E-state index in [2.05, 4.69) is 9.47 Å². The first kappa shape index (κ1) is 23.6. The van der Waals surface area contributed by atoms with Crippen molar-refractivity contribution in [1.82, 2.24) is 0 Å². The number of carbonyl (C=O) groups excluding carboxylic acids is 3. The van der Waals surface area contributed by atoms with Crippen LogP contribution in [0.15, 0.2) is 36.4 Å². The van der Waals surface area contributed by atoms with Gasteiger partial charge in [-0.25, -0.2) is 14.4 Å². The third-order valence-corrected chi connectivity index (χ3v) is 4.86. The molecule has 0 saturated carbocycles. The summed E-state index contributed by atoms with van der Waals surface area (Å²) in [6, 6.07) is 10.9. The lowest BCUT2D eigenvalue weighted by Gasteiger charge is -2.18. The second-order valence-corrected chi connectivity index (χ2v) is 7.01. The molecule has 0 fully saturated rings. The first-order valence-corrected chi connectivity index (χ1v) is 9.96. The molecule has 0 amide bonds. The number of hydrogen-bond donors (Lipinski definition) is 0. The second-order valence-electron chi connectivity index (χ2n) is 7.01. The fraction of sp³-hybridized carbons (Fsp3) is 0.292. The Morgan fingerprint density at radius 3 is 1.82 bits per heavy atom. The molecule has 0 unspecified atom stereocenters. The molecule has 3 aromatic carbocycles. The third kappa shape index (κ3) is 5.43. The maximum Gasteiger partial charge on any atom is 0.343 e. The van der Waals surface area contributed by atoms with E-state index in [0.717, 1.165) is 16.3 Å². The second kappa shape index (κ2) is 10.5. The quantitative estimate of drug-likeness (QED) is 0.273. The van der Waals surface area contributed by atoms with Crippen molar-refractivity contribution in [2.45, 2.75) is 6.92 Å². The monoisotopic (exact) mass is 456 g/mol. The van der Waals surface area contributed by atoms with Gasteiger partial charge in [-0.05, 0) is 36.6 Å². The summed E-state index contributed by atoms with van der Waals surface area (Å²) in [6.07, 6.45) is 0. The fourth-order valence-electron chi connectivity index (χ4n) is 3.21. The van der Waals surface area contributed by atoms with Crippen LogP contribution in [-0.4, -0.2) is 59.1 Å². The highest BCUT2D eigenvalue weighted by atomic mass is 16.6. The molecule has 0 aliphatic rings. The van der Waals surface area contributed by atoms with Crippen molar-refractivity contribution < 1.29 is 42.8 Å². The van der Waals surface area contributed by atoms with Crippen molar-refractivity contribution in [2.24, 2.45) is 0 Å². The van der Waals surface area contributed by atoms with E-state index in [1.165, 1.54) is 21.3 Å². The standard InChI is InChI=1S/C24H24O9/c1-14-5-6-15-10-18-16(23(17(15)9-14)32-12-21(26)29-3)7-8-19(31-11-20(25)28-2)24(18)33-13-22(27)30-4/h5-10H,11-13H2,1-4H3. The molecule has 3 rings (SSSR count). The van der Waals surface area contributed by atoms with Crippen molar-refractivity contribution in [3.8, 4) is 17.2 Å². The van der Waals surface area contributed by atoms with E-state index in [1.807, 2.05) is 31.2 Å². The van der Waals surface area contributed by atoms with Crippen LogP contribution < -0.4 is 14.2 Å². The molecule has 0 spiro atoms. The Balaban J connectivity index is 2.21. The summed E-state index contributed by atoms with van der Waals surface area (Å²) in [5, 5.41) is 2.76. The van der Waals surface area contributed by atoms with Gasteiger partial charge in [0.05, 0.1) is 21.3 Å². The predicted octanol–water partition coefficient (Wildman–Crippen LogP) is 2.96. The number of methoxy groups -OCH3 is 3. The molecule has 174 valence electrons. The highest BCUT2D eigenvalue weighted by Crippen LogP contribution is 2.43. The average Bonchev–Trinajstić information content (AvgIpc) is 2.83. The van der Waals surface area contributed by atoms with Crippen LogP contribution in [-0.2, 0) is 28.6 Å². The van der Waals surface area contributed by atoms with E-state index < -0.39 is 17.9 Å². The largest absolute Gasteiger partial charge is 0.481 e. The highest BCUT2D eigenvalue weighted by molar-refractivity contribution is 6.08. The Hall–Kier alpha value is -4.01. The molecule has 0 aliphatic carbocycles. The smallest absolute Gasteiger partial charge is 0.343 e. The van der Waals surface area contributed by atoms with E-state index in [9.17, 15) is 14.4 Å². The van der Waals surface area contributed by atoms with Gasteiger partial charge in [0.1, 0.15) is 5.75 Å². The minimum atomic E-state index is -0.593. The molecule has 0 saturated heterocycles. The van der Waals surface area contributed by atoms with Gasteiger partial charge in [0.2, 0.25) is 0 Å². The molecule has 3 aromatic rings. The maximum absolute atomic E-state index is 11.7. The summed E-state index contributed by atoms with van der Waals surface area (Å²) < 4.78 is 31.2. The highest BCUT2D eigenvalue weighted by Gasteiger charge is 2.19. The lowest BCUT2D eigenvalue weighted by Crippen LogP contribution is -2.16. The molecule has 0 heterocycles. The molecule has 0 N–H and O–H groups in total. The van der Waals surface area contributed by atoms with Crippen molar-refractivity contribution in [2.75, 3.05) is 41.2 Å². The van der Waals surface area contributed by atoms with Crippen molar-refractivity contribution >= 4 is 39.5 Å². The van der Waals surface area contributed by atoms with Crippen LogP contribution in [0, 0.1) is 6.92 Å². The summed E-state index contributed by atoms with van der Waals surface area (Å²) in [4.78, 5) is 35.1. The van der Waals surface area contributed by atoms with E-state index in [0.29, 0.717) is 16.5 Å². The topological polar surface area (TPSA) is 107 Å². The number of aryl methyl sites for hydroxylation is 1. The summed E-state index contributed by atoms with van der Waals surface area (Å²) in [7, 11) is 3.78. The number of ether oxygens (including phenoxy) is 6. The van der Waals surface area contributed by atoms with Gasteiger partial charge in [-0.1, -0.05) is 17.7 Å². The van der Waals surface area contributed by atoms with Gasteiger partial charge in [-0.2, -0.15) is 0 Å². The van der Waals surface area contributed by atoms with Crippen molar-refractivity contribution in [1.29, 1.82) is 0 Å². The summed E-state index contributed by atoms with van der Waals surface area (Å²) in [5.74, 6) is -0.823. The minimum absolute atomic E-state index is 0.215. The zero-order valence-corrected chi connectivity index (χ0v) is 18.8. The minimum Gasteiger partial charge on any atom is -0.481 e. The number of hydrogen-bond acceptors (Lipinski definition) is 9. The van der Waals surface area contributed by atoms with Crippen LogP contribution in [0.4, 0.5) is 0 Å². The number of fused-ring (bicyclic) bond motifs is 2. The normalized spacial score (nSPS) is 10.5. The van der Waals surface area contributed by atoms with Gasteiger partial charge in [-0.15, -0.1) is 0 Å². The Labute approximate surface area is 190 Å². The molecule has 0 aliphatic heterocycles. The van der Waals surface area contributed by atoms with Crippen molar-refractivity contribution in [3.63, 3.8) is 0 Å². The van der Waals surface area contributed by atoms with Crippen LogP contribution in [0.1, 0.15) is 5.56 Å². The first-order chi connectivity index (χ1) is 15.9. The molecule has 9 heteroatoms. The molecule has 0 radical (unpaired) electrons. The van der Waals surface area contributed by atoms with Crippen LogP contribution in [0.2, 0.25) is 0 Å². The molecule has 33 heavy (non-hydrogen) atoms. The number of rotatable bonds is 9. The molecule has 0 bridgehead atoms. The van der Waals surface area contributed by atoms with Gasteiger partial charge in [0.25, 0.3) is 0 Å². The number of benzene rings is 3. The molecule has 9 nitrogen and oxygen atoms in total. The zero-order chi connectivity index (χ0) is 24.0. The van der Waals surface area contributed by atoms with E-state index >= 15 is 0 Å². The fourth-order valence-corrected chi connectivity index (χ4v) is 3.21. The Morgan fingerprint density at radius 2 is 1.21 bits per heavy atom. The maximum atomic E-state index is 11.7. The van der Waals surface area contributed by atoms with Gasteiger partial charge in [-0.3, -0.25) is 0 Å². The zero-order valence-electron chi connectivity index (χ0n) is 18.8. The molecule has 0 atom stereocenters. The lowest BCUT2D eigenvalue weighted by atomic mass is 9.99. The van der Waals surface area contributed by atoms with Gasteiger partial charge < -0.3 is 28.4 Å². The Kier molecular flexibility index (Phi) is 7.55. The van der Waals surface area contributed by atoms with Crippen LogP contribution in [0.3, 0.4) is 0 Å². The lowest BCUT2D eigenvalue weighted by molar-refractivity contribution is -0.144. The number of carbonyl (C=O) groups is 3. The first-order valence-electron chi connectivity index (χ1n) is 9.96. The summed E-state index contributed by atoms with van der Waals surface area (Å²) in [5.41, 5.74) is 1.00. The predicted molar refractivity (Wildman–Crippen MR) is 119 cm³/mol. The van der Waals surface area contributed by atoms with E-state index in [4.69, 9.17) is 18.9 Å². The van der Waals surface area contributed by atoms with Crippen molar-refractivity contribution in [3.05, 3.63) is 42.0 Å². The summed E-state index contributed by atoms with van der Waals surface area (Å²) in [6.45, 7) is 0.920. The Morgan fingerprint density at radius 1 is 0.636 bits per heavy atom. The third-order valence-electron chi connectivity index (χ3n) is 4.86. The van der Waals surface area contributed by atoms with E-state index in [1.54, 1.807) is 12.1 Å².